The Morgan fingerprint density at radius 3 is 2.85 bits per heavy atom. The molecule has 2 amide bonds. The lowest BCUT2D eigenvalue weighted by Gasteiger charge is -2.34. The summed E-state index contributed by atoms with van der Waals surface area (Å²) >= 11 is 0. The van der Waals surface area contributed by atoms with Crippen molar-refractivity contribution in [2.75, 3.05) is 26.3 Å². The first-order valence-electron chi connectivity index (χ1n) is 9.55. The number of likely N-dealkylation sites (tertiary alicyclic amines) is 1. The Morgan fingerprint density at radius 2 is 2.08 bits per heavy atom. The Bertz CT molecular complexity index is 714. The summed E-state index contributed by atoms with van der Waals surface area (Å²) in [6.45, 7) is 3.30. The average molecular weight is 358 g/mol. The van der Waals surface area contributed by atoms with Crippen LogP contribution in [0.25, 0.3) is 0 Å². The second-order valence-corrected chi connectivity index (χ2v) is 7.94. The van der Waals surface area contributed by atoms with E-state index in [0.717, 1.165) is 64.0 Å². The number of hydrogen-bond donors (Lipinski definition) is 2. The van der Waals surface area contributed by atoms with Crippen LogP contribution in [-0.4, -0.2) is 48.2 Å². The molecule has 4 rings (SSSR count). The SMILES string of the molecule is O=C(NO)c1ccc2c(c1)CC1(CC2)CCN(CC2CCOCC2)C1=O. The van der Waals surface area contributed by atoms with E-state index in [1.807, 2.05) is 12.1 Å². The molecule has 0 bridgehead atoms. The van der Waals surface area contributed by atoms with Crippen LogP contribution in [0.4, 0.5) is 0 Å². The Kier molecular flexibility index (Phi) is 4.71. The first-order chi connectivity index (χ1) is 12.6. The van der Waals surface area contributed by atoms with Crippen LogP contribution in [0.2, 0.25) is 0 Å². The van der Waals surface area contributed by atoms with Gasteiger partial charge in [-0.05, 0) is 67.7 Å². The molecular formula is C20H26N2O4. The monoisotopic (exact) mass is 358 g/mol. The lowest BCUT2D eigenvalue weighted by atomic mass is 9.70. The third-order valence-electron chi connectivity index (χ3n) is 6.39. The van der Waals surface area contributed by atoms with Gasteiger partial charge in [-0.15, -0.1) is 0 Å². The maximum Gasteiger partial charge on any atom is 0.274 e. The average Bonchev–Trinajstić information content (AvgIpc) is 2.97. The van der Waals surface area contributed by atoms with Crippen LogP contribution in [0.3, 0.4) is 0 Å². The number of carbonyl (C=O) groups excluding carboxylic acids is 2. The fourth-order valence-electron chi connectivity index (χ4n) is 4.77. The van der Waals surface area contributed by atoms with Gasteiger partial charge >= 0.3 is 0 Å². The number of ether oxygens (including phenoxy) is 1. The fraction of sp³-hybridized carbons (Fsp3) is 0.600. The highest BCUT2D eigenvalue weighted by molar-refractivity contribution is 5.93. The molecule has 6 nitrogen and oxygen atoms in total. The van der Waals surface area contributed by atoms with E-state index in [0.29, 0.717) is 17.9 Å². The van der Waals surface area contributed by atoms with Gasteiger partial charge in [0.05, 0.1) is 5.41 Å². The van der Waals surface area contributed by atoms with Crippen LogP contribution in [0, 0.1) is 11.3 Å². The van der Waals surface area contributed by atoms with Gasteiger partial charge in [0, 0.05) is 31.9 Å². The minimum Gasteiger partial charge on any atom is -0.381 e. The first kappa shape index (κ1) is 17.5. The predicted molar refractivity (Wildman–Crippen MR) is 94.9 cm³/mol. The van der Waals surface area contributed by atoms with Crippen molar-refractivity contribution in [3.05, 3.63) is 34.9 Å². The van der Waals surface area contributed by atoms with E-state index < -0.39 is 5.91 Å². The Balaban J connectivity index is 1.50. The summed E-state index contributed by atoms with van der Waals surface area (Å²) in [5.41, 5.74) is 4.09. The molecule has 2 heterocycles. The van der Waals surface area contributed by atoms with Gasteiger partial charge in [0.2, 0.25) is 5.91 Å². The minimum absolute atomic E-state index is 0.284. The maximum absolute atomic E-state index is 13.2. The Labute approximate surface area is 153 Å². The van der Waals surface area contributed by atoms with Crippen LogP contribution < -0.4 is 5.48 Å². The number of fused-ring (bicyclic) bond motifs is 1. The molecule has 6 heteroatoms. The van der Waals surface area contributed by atoms with Gasteiger partial charge in [-0.2, -0.15) is 0 Å². The molecule has 0 saturated carbocycles. The lowest BCUT2D eigenvalue weighted by molar-refractivity contribution is -0.137. The standard InChI is InChI=1S/C20H26N2O4/c23-18(21-25)16-2-1-15-3-6-20(12-17(15)11-16)7-8-22(19(20)24)13-14-4-9-26-10-5-14/h1-2,11,14,25H,3-10,12-13H2,(H,21,23). The highest BCUT2D eigenvalue weighted by atomic mass is 16.5. The van der Waals surface area contributed by atoms with Gasteiger partial charge < -0.3 is 9.64 Å². The molecule has 2 N–H and O–H groups in total. The van der Waals surface area contributed by atoms with Crippen molar-refractivity contribution in [3.8, 4) is 0 Å². The van der Waals surface area contributed by atoms with Gasteiger partial charge in [0.1, 0.15) is 0 Å². The Morgan fingerprint density at radius 1 is 1.27 bits per heavy atom. The maximum atomic E-state index is 13.2. The molecule has 1 unspecified atom stereocenters. The minimum atomic E-state index is -0.508. The van der Waals surface area contributed by atoms with E-state index in [9.17, 15) is 9.59 Å². The van der Waals surface area contributed by atoms with Gasteiger partial charge in [-0.25, -0.2) is 5.48 Å². The smallest absolute Gasteiger partial charge is 0.274 e. The van der Waals surface area contributed by atoms with Gasteiger partial charge in [-0.1, -0.05) is 6.07 Å². The van der Waals surface area contributed by atoms with Crippen molar-refractivity contribution >= 4 is 11.8 Å². The molecule has 1 aliphatic carbocycles. The summed E-state index contributed by atoms with van der Waals surface area (Å²) in [4.78, 5) is 27.0. The summed E-state index contributed by atoms with van der Waals surface area (Å²) in [6.07, 6.45) is 5.42. The zero-order valence-electron chi connectivity index (χ0n) is 15.0. The van der Waals surface area contributed by atoms with E-state index in [2.05, 4.69) is 4.90 Å². The van der Waals surface area contributed by atoms with Crippen molar-refractivity contribution in [2.24, 2.45) is 11.3 Å². The van der Waals surface area contributed by atoms with Crippen LogP contribution in [0.5, 0.6) is 0 Å². The largest absolute Gasteiger partial charge is 0.381 e. The molecule has 1 spiro atoms. The summed E-state index contributed by atoms with van der Waals surface area (Å²) < 4.78 is 5.43. The zero-order valence-corrected chi connectivity index (χ0v) is 15.0. The summed E-state index contributed by atoms with van der Waals surface area (Å²) in [7, 11) is 0. The van der Waals surface area contributed by atoms with E-state index in [-0.39, 0.29) is 11.3 Å². The second-order valence-electron chi connectivity index (χ2n) is 7.94. The topological polar surface area (TPSA) is 78.9 Å². The van der Waals surface area contributed by atoms with E-state index in [1.54, 1.807) is 11.5 Å². The van der Waals surface area contributed by atoms with Gasteiger partial charge in [-0.3, -0.25) is 14.8 Å². The third-order valence-corrected chi connectivity index (χ3v) is 6.39. The number of nitrogens with zero attached hydrogens (tertiary/aromatic N) is 1. The van der Waals surface area contributed by atoms with Gasteiger partial charge in [0.15, 0.2) is 0 Å². The van der Waals surface area contributed by atoms with Crippen molar-refractivity contribution in [1.82, 2.24) is 10.4 Å². The number of rotatable bonds is 3. The van der Waals surface area contributed by atoms with Crippen LogP contribution in [0.15, 0.2) is 18.2 Å². The number of nitrogens with one attached hydrogen (secondary N) is 1. The number of hydrogen-bond acceptors (Lipinski definition) is 4. The molecule has 1 aromatic rings. The van der Waals surface area contributed by atoms with Crippen LogP contribution in [-0.2, 0) is 22.4 Å². The molecule has 26 heavy (non-hydrogen) atoms. The van der Waals surface area contributed by atoms with Crippen molar-refractivity contribution < 1.29 is 19.5 Å². The molecule has 3 aliphatic rings. The molecule has 2 aliphatic heterocycles. The predicted octanol–water partition coefficient (Wildman–Crippen LogP) is 1.94. The number of carbonyl (C=O) groups is 2. The molecule has 1 aromatic carbocycles. The van der Waals surface area contributed by atoms with Crippen LogP contribution in [0.1, 0.15) is 47.2 Å². The zero-order chi connectivity index (χ0) is 18.1. The highest BCUT2D eigenvalue weighted by Crippen LogP contribution is 2.44. The highest BCUT2D eigenvalue weighted by Gasteiger charge is 2.48. The molecule has 1 atom stereocenters. The van der Waals surface area contributed by atoms with Crippen LogP contribution >= 0.6 is 0 Å². The lowest BCUT2D eigenvalue weighted by Crippen LogP contribution is -2.41. The van der Waals surface area contributed by atoms with Crippen molar-refractivity contribution in [3.63, 3.8) is 0 Å². The summed E-state index contributed by atoms with van der Waals surface area (Å²) in [6, 6.07) is 5.51. The van der Waals surface area contributed by atoms with Crippen molar-refractivity contribution in [2.45, 2.75) is 38.5 Å². The fourth-order valence-corrected chi connectivity index (χ4v) is 4.77. The van der Waals surface area contributed by atoms with E-state index in [1.165, 1.54) is 5.56 Å². The molecule has 0 aromatic heterocycles. The van der Waals surface area contributed by atoms with E-state index >= 15 is 0 Å². The number of amides is 2. The molecule has 140 valence electrons. The number of benzene rings is 1. The summed E-state index contributed by atoms with van der Waals surface area (Å²) in [5.74, 6) is 0.330. The quantitative estimate of drug-likeness (QED) is 0.639. The molecule has 0 radical (unpaired) electrons. The van der Waals surface area contributed by atoms with Gasteiger partial charge in [0.25, 0.3) is 5.91 Å². The normalized spacial score (nSPS) is 26.2. The van der Waals surface area contributed by atoms with Crippen molar-refractivity contribution in [1.29, 1.82) is 0 Å². The molecule has 2 fully saturated rings. The third kappa shape index (κ3) is 3.12. The van der Waals surface area contributed by atoms with E-state index in [4.69, 9.17) is 9.94 Å². The second kappa shape index (κ2) is 7.00. The number of hydroxylamine groups is 1. The number of aryl methyl sites for hydroxylation is 1. The summed E-state index contributed by atoms with van der Waals surface area (Å²) in [5, 5.41) is 8.86. The Hall–Kier alpha value is -1.92. The molecule has 2 saturated heterocycles. The first-order valence-corrected chi connectivity index (χ1v) is 9.55. The molecular weight excluding hydrogens is 332 g/mol.